The number of carbonyl (C=O) groups excluding carboxylic acids is 2. The van der Waals surface area contributed by atoms with Gasteiger partial charge in [-0.25, -0.2) is 0 Å². The van der Waals surface area contributed by atoms with Crippen molar-refractivity contribution >= 4 is 58.4 Å². The highest BCUT2D eigenvalue weighted by Gasteiger charge is 2.28. The van der Waals surface area contributed by atoms with Gasteiger partial charge in [0.1, 0.15) is 6.04 Å². The summed E-state index contributed by atoms with van der Waals surface area (Å²) >= 11 is 19.5. The van der Waals surface area contributed by atoms with Gasteiger partial charge >= 0.3 is 0 Å². The van der Waals surface area contributed by atoms with Crippen molar-refractivity contribution in [3.05, 3.63) is 68.7 Å². The van der Waals surface area contributed by atoms with Gasteiger partial charge < -0.3 is 10.2 Å². The third kappa shape index (κ3) is 7.38. The molecule has 0 aliphatic heterocycles. The van der Waals surface area contributed by atoms with Crippen LogP contribution in [0.1, 0.15) is 31.4 Å². The quantitative estimate of drug-likeness (QED) is 0.459. The zero-order valence-electron chi connectivity index (χ0n) is 17.0. The second-order valence-electron chi connectivity index (χ2n) is 6.71. The highest BCUT2D eigenvalue weighted by atomic mass is 35.5. The Bertz CT molecular complexity index is 862. The zero-order valence-corrected chi connectivity index (χ0v) is 20.0. The lowest BCUT2D eigenvalue weighted by Gasteiger charge is -2.30. The molecular weight excluding hydrogens is 463 g/mol. The molecule has 162 valence electrons. The van der Waals surface area contributed by atoms with Crippen LogP contribution in [-0.2, 0) is 21.9 Å². The number of nitrogens with zero attached hydrogens (tertiary/aromatic N) is 1. The lowest BCUT2D eigenvalue weighted by Crippen LogP contribution is -2.49. The number of likely N-dealkylation sites (N-methyl/N-ethyl adjacent to an activating group) is 1. The molecule has 0 aliphatic rings. The van der Waals surface area contributed by atoms with Gasteiger partial charge in [0.05, 0.1) is 15.8 Å². The average Bonchev–Trinajstić information content (AvgIpc) is 2.72. The minimum absolute atomic E-state index is 0.0897. The van der Waals surface area contributed by atoms with E-state index in [1.165, 1.54) is 11.8 Å². The van der Waals surface area contributed by atoms with Gasteiger partial charge in [0.15, 0.2) is 0 Å². The van der Waals surface area contributed by atoms with E-state index in [0.717, 1.165) is 11.1 Å². The highest BCUT2D eigenvalue weighted by Crippen LogP contribution is 2.25. The minimum atomic E-state index is -0.529. The summed E-state index contributed by atoms with van der Waals surface area (Å²) in [6.45, 7) is 4.64. The molecule has 30 heavy (non-hydrogen) atoms. The van der Waals surface area contributed by atoms with Crippen LogP contribution in [-0.4, -0.2) is 35.1 Å². The molecule has 4 nitrogen and oxygen atoms in total. The van der Waals surface area contributed by atoms with E-state index in [1.807, 2.05) is 32.0 Å². The Morgan fingerprint density at radius 3 is 2.27 bits per heavy atom. The maximum Gasteiger partial charge on any atom is 0.242 e. The van der Waals surface area contributed by atoms with Crippen molar-refractivity contribution in [2.45, 2.75) is 38.6 Å². The van der Waals surface area contributed by atoms with Crippen molar-refractivity contribution in [1.82, 2.24) is 10.2 Å². The van der Waals surface area contributed by atoms with Crippen molar-refractivity contribution in [2.24, 2.45) is 0 Å². The first kappa shape index (κ1) is 24.9. The maximum absolute atomic E-state index is 13.1. The number of nitrogens with one attached hydrogen (secondary N) is 1. The summed E-state index contributed by atoms with van der Waals surface area (Å²) in [5.41, 5.74) is 1.91. The van der Waals surface area contributed by atoms with Crippen molar-refractivity contribution < 1.29 is 9.59 Å². The fraction of sp³-hybridized carbons (Fsp3) is 0.364. The number of benzene rings is 2. The number of thioether (sulfide) groups is 1. The minimum Gasteiger partial charge on any atom is -0.355 e. The number of rotatable bonds is 10. The van der Waals surface area contributed by atoms with E-state index in [2.05, 4.69) is 5.32 Å². The SMILES string of the molecule is CCNC(=O)C(CC)N(Cc1ccc(Cl)cc1)C(=O)CSCc1ccc(Cl)c(Cl)c1. The van der Waals surface area contributed by atoms with Crippen LogP contribution >= 0.6 is 46.6 Å². The summed E-state index contributed by atoms with van der Waals surface area (Å²) in [7, 11) is 0. The largest absolute Gasteiger partial charge is 0.355 e. The Kier molecular flexibility index (Phi) is 10.3. The molecule has 0 spiro atoms. The Morgan fingerprint density at radius 1 is 1.00 bits per heavy atom. The molecule has 2 aromatic carbocycles. The third-order valence-corrected chi connectivity index (χ3v) is 6.46. The fourth-order valence-corrected chi connectivity index (χ4v) is 4.27. The number of hydrogen-bond acceptors (Lipinski definition) is 3. The Hall–Kier alpha value is -1.40. The second-order valence-corrected chi connectivity index (χ2v) is 8.94. The molecule has 0 saturated heterocycles. The topological polar surface area (TPSA) is 49.4 Å². The van der Waals surface area contributed by atoms with Crippen LogP contribution in [0.2, 0.25) is 15.1 Å². The van der Waals surface area contributed by atoms with Gasteiger partial charge in [-0.2, -0.15) is 0 Å². The molecule has 1 N–H and O–H groups in total. The highest BCUT2D eigenvalue weighted by molar-refractivity contribution is 7.99. The van der Waals surface area contributed by atoms with Crippen molar-refractivity contribution in [2.75, 3.05) is 12.3 Å². The molecule has 0 saturated carbocycles. The van der Waals surface area contributed by atoms with E-state index in [4.69, 9.17) is 34.8 Å². The predicted octanol–water partition coefficient (Wildman–Crippen LogP) is 5.82. The molecule has 8 heteroatoms. The molecule has 1 unspecified atom stereocenters. The lowest BCUT2D eigenvalue weighted by atomic mass is 10.1. The van der Waals surface area contributed by atoms with Crippen LogP contribution in [0, 0.1) is 0 Å². The average molecular weight is 488 g/mol. The molecular formula is C22H25Cl3N2O2S. The molecule has 0 radical (unpaired) electrons. The van der Waals surface area contributed by atoms with Crippen molar-refractivity contribution in [3.63, 3.8) is 0 Å². The monoisotopic (exact) mass is 486 g/mol. The van der Waals surface area contributed by atoms with Gasteiger partial charge in [0.2, 0.25) is 11.8 Å². The first-order valence-corrected chi connectivity index (χ1v) is 12.0. The van der Waals surface area contributed by atoms with Crippen LogP contribution in [0.25, 0.3) is 0 Å². The zero-order chi connectivity index (χ0) is 22.1. The summed E-state index contributed by atoms with van der Waals surface area (Å²) in [6, 6.07) is 12.2. The lowest BCUT2D eigenvalue weighted by molar-refractivity contribution is -0.139. The standard InChI is InChI=1S/C22H25Cl3N2O2S/c1-3-20(22(29)26-4-2)27(12-15-5-8-17(23)9-6-15)21(28)14-30-13-16-7-10-18(24)19(25)11-16/h5-11,20H,3-4,12-14H2,1-2H3,(H,26,29). The van der Waals surface area contributed by atoms with Gasteiger partial charge in [-0.1, -0.05) is 59.9 Å². The van der Waals surface area contributed by atoms with Gasteiger partial charge in [-0.05, 0) is 48.7 Å². The van der Waals surface area contributed by atoms with Crippen LogP contribution < -0.4 is 5.32 Å². The first-order valence-electron chi connectivity index (χ1n) is 9.69. The molecule has 0 fully saturated rings. The number of amides is 2. The first-order chi connectivity index (χ1) is 14.3. The van der Waals surface area contributed by atoms with Crippen LogP contribution in [0.15, 0.2) is 42.5 Å². The van der Waals surface area contributed by atoms with Crippen LogP contribution in [0.5, 0.6) is 0 Å². The molecule has 0 heterocycles. The van der Waals surface area contributed by atoms with Crippen LogP contribution in [0.3, 0.4) is 0 Å². The third-order valence-electron chi connectivity index (χ3n) is 4.48. The van der Waals surface area contributed by atoms with Gasteiger partial charge in [0.25, 0.3) is 0 Å². The fourth-order valence-electron chi connectivity index (χ4n) is 2.97. The summed E-state index contributed by atoms with van der Waals surface area (Å²) in [6.07, 6.45) is 0.530. The molecule has 0 aliphatic carbocycles. The number of hydrogen-bond donors (Lipinski definition) is 1. The molecule has 2 amide bonds. The predicted molar refractivity (Wildman–Crippen MR) is 127 cm³/mol. The molecule has 2 aromatic rings. The maximum atomic E-state index is 13.1. The molecule has 2 rings (SSSR count). The van der Waals surface area contributed by atoms with E-state index in [9.17, 15) is 9.59 Å². The second kappa shape index (κ2) is 12.5. The van der Waals surface area contributed by atoms with Gasteiger partial charge in [-0.3, -0.25) is 9.59 Å². The number of carbonyl (C=O) groups is 2. The van der Waals surface area contributed by atoms with Gasteiger partial charge in [0, 0.05) is 23.9 Å². The summed E-state index contributed by atoms with van der Waals surface area (Å²) in [5.74, 6) is 0.643. The van der Waals surface area contributed by atoms with E-state index in [0.29, 0.717) is 40.3 Å². The molecule has 0 bridgehead atoms. The molecule has 1 atom stereocenters. The van der Waals surface area contributed by atoms with E-state index < -0.39 is 6.04 Å². The van der Waals surface area contributed by atoms with Gasteiger partial charge in [-0.15, -0.1) is 11.8 Å². The van der Waals surface area contributed by atoms with Crippen LogP contribution in [0.4, 0.5) is 0 Å². The van der Waals surface area contributed by atoms with E-state index >= 15 is 0 Å². The Morgan fingerprint density at radius 2 is 1.67 bits per heavy atom. The Balaban J connectivity index is 2.10. The van der Waals surface area contributed by atoms with Crippen molar-refractivity contribution in [3.8, 4) is 0 Å². The van der Waals surface area contributed by atoms with E-state index in [1.54, 1.807) is 29.2 Å². The smallest absolute Gasteiger partial charge is 0.242 e. The summed E-state index contributed by atoms with van der Waals surface area (Å²) in [4.78, 5) is 27.3. The summed E-state index contributed by atoms with van der Waals surface area (Å²) in [5, 5.41) is 4.46. The van der Waals surface area contributed by atoms with Crippen molar-refractivity contribution in [1.29, 1.82) is 0 Å². The number of halogens is 3. The Labute approximate surface area is 197 Å². The normalized spacial score (nSPS) is 11.8. The summed E-state index contributed by atoms with van der Waals surface area (Å²) < 4.78 is 0. The molecule has 0 aromatic heterocycles. The van der Waals surface area contributed by atoms with E-state index in [-0.39, 0.29) is 17.6 Å².